The number of thioether (sulfide) groups is 1. The van der Waals surface area contributed by atoms with E-state index in [0.717, 1.165) is 29.5 Å². The van der Waals surface area contributed by atoms with Crippen LogP contribution < -0.4 is 14.8 Å². The molecule has 5 rings (SSSR count). The first-order valence-electron chi connectivity index (χ1n) is 14.0. The van der Waals surface area contributed by atoms with Gasteiger partial charge in [0.15, 0.2) is 11.5 Å². The molecule has 0 spiro atoms. The normalized spacial score (nSPS) is 14.2. The molecule has 1 aromatic heterocycles. The summed E-state index contributed by atoms with van der Waals surface area (Å²) in [5.74, 6) is 1.71. The van der Waals surface area contributed by atoms with Gasteiger partial charge >= 0.3 is 5.97 Å². The number of ether oxygens (including phenoxy) is 3. The number of anilines is 1. The highest BCUT2D eigenvalue weighted by Crippen LogP contribution is 2.43. The number of benzene rings is 3. The molecule has 4 aromatic rings. The van der Waals surface area contributed by atoms with Crippen molar-refractivity contribution in [1.82, 2.24) is 14.8 Å². The van der Waals surface area contributed by atoms with Crippen molar-refractivity contribution >= 4 is 62.8 Å². The van der Waals surface area contributed by atoms with Gasteiger partial charge in [-0.25, -0.2) is 9.48 Å². The first kappa shape index (κ1) is 32.2. The smallest absolute Gasteiger partial charge is 0.338 e. The van der Waals surface area contributed by atoms with Gasteiger partial charge in [0.1, 0.15) is 12.6 Å². The average molecular weight is 719 g/mol. The molecule has 230 valence electrons. The number of aromatic nitrogens is 3. The number of rotatable bonds is 12. The van der Waals surface area contributed by atoms with E-state index in [2.05, 4.69) is 21.2 Å². The van der Waals surface area contributed by atoms with E-state index in [-0.39, 0.29) is 0 Å². The highest BCUT2D eigenvalue weighted by Gasteiger charge is 2.36. The second-order valence-electron chi connectivity index (χ2n) is 10.0. The summed E-state index contributed by atoms with van der Waals surface area (Å²) >= 11 is 17.6. The summed E-state index contributed by atoms with van der Waals surface area (Å²) in [7, 11) is 1.58. The van der Waals surface area contributed by atoms with Crippen molar-refractivity contribution in [2.45, 2.75) is 50.2 Å². The number of esters is 1. The monoisotopic (exact) mass is 716 g/mol. The summed E-state index contributed by atoms with van der Waals surface area (Å²) < 4.78 is 20.0. The second kappa shape index (κ2) is 14.7. The van der Waals surface area contributed by atoms with Gasteiger partial charge in [-0.05, 0) is 76.3 Å². The van der Waals surface area contributed by atoms with Crippen LogP contribution in [0.3, 0.4) is 0 Å². The van der Waals surface area contributed by atoms with Crippen LogP contribution in [0.4, 0.5) is 5.95 Å². The van der Waals surface area contributed by atoms with E-state index < -0.39 is 12.0 Å². The predicted molar refractivity (Wildman–Crippen MR) is 178 cm³/mol. The Hall–Kier alpha value is -3.18. The summed E-state index contributed by atoms with van der Waals surface area (Å²) in [5, 5.41) is 9.97. The van der Waals surface area contributed by atoms with Gasteiger partial charge in [-0.15, -0.1) is 5.10 Å². The van der Waals surface area contributed by atoms with Gasteiger partial charge in [-0.1, -0.05) is 78.6 Å². The summed E-state index contributed by atoms with van der Waals surface area (Å²) in [6.45, 7) is 4.53. The van der Waals surface area contributed by atoms with Gasteiger partial charge < -0.3 is 19.5 Å². The van der Waals surface area contributed by atoms with E-state index >= 15 is 0 Å². The maximum Gasteiger partial charge on any atom is 0.338 e. The summed E-state index contributed by atoms with van der Waals surface area (Å²) in [6, 6.07) is 18.2. The van der Waals surface area contributed by atoms with Crippen molar-refractivity contribution in [3.63, 3.8) is 0 Å². The summed E-state index contributed by atoms with van der Waals surface area (Å²) in [6.07, 6.45) is 1.68. The van der Waals surface area contributed by atoms with Gasteiger partial charge in [-0.3, -0.25) is 0 Å². The molecule has 8 nitrogen and oxygen atoms in total. The Kier molecular flexibility index (Phi) is 10.8. The van der Waals surface area contributed by atoms with Crippen molar-refractivity contribution in [3.8, 4) is 11.5 Å². The Morgan fingerprint density at radius 1 is 1.14 bits per heavy atom. The maximum atomic E-state index is 13.5. The number of fused-ring (bicyclic) bond motifs is 1. The highest BCUT2D eigenvalue weighted by atomic mass is 79.9. The van der Waals surface area contributed by atoms with E-state index in [0.29, 0.717) is 67.4 Å². The van der Waals surface area contributed by atoms with Crippen molar-refractivity contribution in [2.75, 3.05) is 19.0 Å². The third-order valence-corrected chi connectivity index (χ3v) is 9.06. The van der Waals surface area contributed by atoms with Gasteiger partial charge in [0, 0.05) is 21.5 Å². The zero-order chi connectivity index (χ0) is 31.2. The highest BCUT2D eigenvalue weighted by molar-refractivity contribution is 9.10. The van der Waals surface area contributed by atoms with Crippen LogP contribution in [0, 0.1) is 0 Å². The Morgan fingerprint density at radius 3 is 2.64 bits per heavy atom. The number of nitrogens with zero attached hydrogens (tertiary/aromatic N) is 3. The van der Waals surface area contributed by atoms with E-state index in [1.165, 1.54) is 11.8 Å². The molecule has 0 radical (unpaired) electrons. The van der Waals surface area contributed by atoms with Crippen LogP contribution in [-0.4, -0.2) is 34.5 Å². The van der Waals surface area contributed by atoms with E-state index in [4.69, 9.17) is 47.5 Å². The third-order valence-electron chi connectivity index (χ3n) is 6.96. The zero-order valence-corrected chi connectivity index (χ0v) is 28.3. The molecule has 44 heavy (non-hydrogen) atoms. The topological polar surface area (TPSA) is 87.5 Å². The Labute approximate surface area is 279 Å². The Morgan fingerprint density at radius 2 is 1.91 bits per heavy atom. The number of carbonyl (C=O) groups excluding carboxylic acids is 1. The lowest BCUT2D eigenvalue weighted by Gasteiger charge is -2.29. The van der Waals surface area contributed by atoms with Crippen LogP contribution in [0.2, 0.25) is 10.0 Å². The van der Waals surface area contributed by atoms with Gasteiger partial charge in [0.25, 0.3) is 0 Å². The summed E-state index contributed by atoms with van der Waals surface area (Å²) in [5.41, 5.74) is 3.75. The molecule has 12 heteroatoms. The first-order chi connectivity index (χ1) is 21.3. The molecule has 0 bridgehead atoms. The van der Waals surface area contributed by atoms with Crippen LogP contribution >= 0.6 is 50.9 Å². The number of unbranched alkanes of at least 4 members (excludes halogenated alkanes) is 1. The average Bonchev–Trinajstić information content (AvgIpc) is 3.42. The number of halogens is 3. The minimum absolute atomic E-state index is 0.312. The first-order valence-corrected chi connectivity index (χ1v) is 16.5. The molecule has 3 aromatic carbocycles. The number of nitrogens with one attached hydrogen (secondary N) is 1. The molecule has 0 amide bonds. The van der Waals surface area contributed by atoms with Crippen molar-refractivity contribution in [3.05, 3.63) is 103 Å². The van der Waals surface area contributed by atoms with Crippen molar-refractivity contribution in [2.24, 2.45) is 0 Å². The van der Waals surface area contributed by atoms with Crippen molar-refractivity contribution in [1.29, 1.82) is 0 Å². The van der Waals surface area contributed by atoms with E-state index in [1.807, 2.05) is 74.5 Å². The van der Waals surface area contributed by atoms with Crippen LogP contribution in [0.1, 0.15) is 49.4 Å². The third kappa shape index (κ3) is 7.37. The van der Waals surface area contributed by atoms with Gasteiger partial charge in [0.2, 0.25) is 11.1 Å². The van der Waals surface area contributed by atoms with E-state index in [9.17, 15) is 4.79 Å². The number of hydrogen-bond acceptors (Lipinski definition) is 8. The minimum atomic E-state index is -0.641. The molecule has 1 aliphatic heterocycles. The van der Waals surface area contributed by atoms with Crippen LogP contribution in [0.25, 0.3) is 0 Å². The minimum Gasteiger partial charge on any atom is -0.493 e. The quantitative estimate of drug-likeness (QED) is 0.0884. The second-order valence-corrected chi connectivity index (χ2v) is 12.7. The lowest BCUT2D eigenvalue weighted by Crippen LogP contribution is -2.30. The molecule has 1 aliphatic rings. The van der Waals surface area contributed by atoms with Gasteiger partial charge in [-0.2, -0.15) is 4.98 Å². The number of carbonyl (C=O) groups is 1. The molecular weight excluding hydrogens is 687 g/mol. The lowest BCUT2D eigenvalue weighted by molar-refractivity contribution is -0.139. The molecule has 0 fully saturated rings. The molecule has 0 saturated heterocycles. The molecule has 0 saturated carbocycles. The zero-order valence-electron chi connectivity index (χ0n) is 24.4. The Balaban J connectivity index is 1.50. The standard InChI is InChI=1S/C32H31BrCl2N4O4S/c1-4-5-14-42-30(40)27-19(2)36-31-37-32(44-18-21-8-6-7-9-25(21)35)38-39(31)28(27)22-15-24(33)29(26(16-22)41-3)43-17-20-10-12-23(34)13-11-20/h6-13,15-16,28H,4-5,14,17-18H2,1-3H3,(H,36,37,38). The maximum absolute atomic E-state index is 13.5. The Bertz CT molecular complexity index is 1680. The number of methoxy groups -OCH3 is 1. The fourth-order valence-electron chi connectivity index (χ4n) is 4.68. The number of allylic oxidation sites excluding steroid dienone is 1. The molecule has 1 unspecified atom stereocenters. The number of hydrogen-bond donors (Lipinski definition) is 1. The van der Waals surface area contributed by atoms with Crippen LogP contribution in [0.5, 0.6) is 11.5 Å². The van der Waals surface area contributed by atoms with E-state index in [1.54, 1.807) is 11.8 Å². The largest absolute Gasteiger partial charge is 0.493 e. The summed E-state index contributed by atoms with van der Waals surface area (Å²) in [4.78, 5) is 18.3. The fourth-order valence-corrected chi connectivity index (χ4v) is 6.50. The molecule has 1 N–H and O–H groups in total. The van der Waals surface area contributed by atoms with Crippen LogP contribution in [-0.2, 0) is 21.9 Å². The SMILES string of the molecule is CCCCOC(=O)C1=C(C)Nc2nc(SCc3ccccc3Cl)nn2C1c1cc(Br)c(OCc2ccc(Cl)cc2)c(OC)c1. The molecule has 2 heterocycles. The lowest BCUT2D eigenvalue weighted by atomic mass is 9.95. The molecule has 0 aliphatic carbocycles. The van der Waals surface area contributed by atoms with Gasteiger partial charge in [0.05, 0.1) is 23.8 Å². The predicted octanol–water partition coefficient (Wildman–Crippen LogP) is 8.86. The van der Waals surface area contributed by atoms with Crippen LogP contribution in [0.15, 0.2) is 81.6 Å². The molecular formula is C32H31BrCl2N4O4S. The fraction of sp³-hybridized carbons (Fsp3) is 0.281. The molecule has 1 atom stereocenters. The van der Waals surface area contributed by atoms with Crippen molar-refractivity contribution < 1.29 is 19.0 Å².